The lowest BCUT2D eigenvalue weighted by Crippen LogP contribution is -1.98. The van der Waals surface area contributed by atoms with Gasteiger partial charge in [0.25, 0.3) is 0 Å². The second-order valence-electron chi connectivity index (χ2n) is 2.89. The Morgan fingerprint density at radius 1 is 1.50 bits per heavy atom. The molecule has 0 radical (unpaired) electrons. The quantitative estimate of drug-likeness (QED) is 0.749. The van der Waals surface area contributed by atoms with E-state index >= 15 is 0 Å². The first-order chi connectivity index (χ1) is 5.66. The summed E-state index contributed by atoms with van der Waals surface area (Å²) in [7, 11) is 0. The molecule has 2 heteroatoms. The highest BCUT2D eigenvalue weighted by atomic mass is 35.5. The van der Waals surface area contributed by atoms with Gasteiger partial charge < -0.3 is 5.11 Å². The molecule has 12 heavy (non-hydrogen) atoms. The molecule has 0 amide bonds. The Morgan fingerprint density at radius 2 is 2.17 bits per heavy atom. The van der Waals surface area contributed by atoms with Gasteiger partial charge in [-0.15, -0.1) is 0 Å². The van der Waals surface area contributed by atoms with E-state index in [0.29, 0.717) is 11.4 Å². The first kappa shape index (κ1) is 9.56. The molecule has 0 aromatic heterocycles. The van der Waals surface area contributed by atoms with Crippen molar-refractivity contribution in [1.82, 2.24) is 0 Å². The van der Waals surface area contributed by atoms with E-state index in [2.05, 4.69) is 0 Å². The molecule has 0 aliphatic carbocycles. The van der Waals surface area contributed by atoms with Crippen LogP contribution >= 0.6 is 11.6 Å². The van der Waals surface area contributed by atoms with Gasteiger partial charge in [0, 0.05) is 10.6 Å². The minimum absolute atomic E-state index is 0.432. The molecule has 0 heterocycles. The average Bonchev–Trinajstić information content (AvgIpc) is 2.03. The van der Waals surface area contributed by atoms with Crippen molar-refractivity contribution in [3.8, 4) is 0 Å². The van der Waals surface area contributed by atoms with Gasteiger partial charge in [-0.25, -0.2) is 0 Å². The highest BCUT2D eigenvalue weighted by molar-refractivity contribution is 6.31. The lowest BCUT2D eigenvalue weighted by atomic mass is 10.0. The second-order valence-corrected chi connectivity index (χ2v) is 3.30. The molecule has 0 bridgehead atoms. The van der Waals surface area contributed by atoms with Crippen LogP contribution in [-0.2, 0) is 0 Å². The summed E-state index contributed by atoms with van der Waals surface area (Å²) in [4.78, 5) is 0. The standard InChI is InChI=1S/C10H13ClO/c1-3-9(12)10-7(2)5-4-6-8(10)11/h4-6,9,12H,3H2,1-2H3/t9-/m0/s1. The van der Waals surface area contributed by atoms with Crippen molar-refractivity contribution in [3.05, 3.63) is 34.3 Å². The van der Waals surface area contributed by atoms with Crippen LogP contribution < -0.4 is 0 Å². The summed E-state index contributed by atoms with van der Waals surface area (Å²) in [6.45, 7) is 3.90. The van der Waals surface area contributed by atoms with Crippen molar-refractivity contribution in [1.29, 1.82) is 0 Å². The summed E-state index contributed by atoms with van der Waals surface area (Å²) < 4.78 is 0. The molecular formula is C10H13ClO. The molecular weight excluding hydrogens is 172 g/mol. The Hall–Kier alpha value is -0.530. The van der Waals surface area contributed by atoms with Gasteiger partial charge in [-0.1, -0.05) is 30.7 Å². The summed E-state index contributed by atoms with van der Waals surface area (Å²) in [5.41, 5.74) is 1.92. The SMILES string of the molecule is CC[C@H](O)c1c(C)cccc1Cl. The van der Waals surface area contributed by atoms with E-state index in [4.69, 9.17) is 11.6 Å². The lowest BCUT2D eigenvalue weighted by molar-refractivity contribution is 0.173. The van der Waals surface area contributed by atoms with E-state index in [-0.39, 0.29) is 0 Å². The molecule has 0 spiro atoms. The monoisotopic (exact) mass is 184 g/mol. The number of aliphatic hydroxyl groups is 1. The van der Waals surface area contributed by atoms with Crippen molar-refractivity contribution in [2.24, 2.45) is 0 Å². The molecule has 0 saturated carbocycles. The molecule has 0 aliphatic heterocycles. The fraction of sp³-hybridized carbons (Fsp3) is 0.400. The summed E-state index contributed by atoms with van der Waals surface area (Å²) in [5.74, 6) is 0. The van der Waals surface area contributed by atoms with E-state index in [1.807, 2.05) is 32.0 Å². The molecule has 0 aliphatic rings. The average molecular weight is 185 g/mol. The highest BCUT2D eigenvalue weighted by Gasteiger charge is 2.11. The fourth-order valence-corrected chi connectivity index (χ4v) is 1.62. The first-order valence-electron chi connectivity index (χ1n) is 4.10. The first-order valence-corrected chi connectivity index (χ1v) is 4.47. The van der Waals surface area contributed by atoms with Crippen LogP contribution in [0.25, 0.3) is 0 Å². The maximum absolute atomic E-state index is 9.61. The largest absolute Gasteiger partial charge is 0.388 e. The number of hydrogen-bond acceptors (Lipinski definition) is 1. The Morgan fingerprint density at radius 3 is 2.67 bits per heavy atom. The number of halogens is 1. The lowest BCUT2D eigenvalue weighted by Gasteiger charge is -2.12. The van der Waals surface area contributed by atoms with Crippen LogP contribution in [-0.4, -0.2) is 5.11 Å². The number of hydrogen-bond donors (Lipinski definition) is 1. The molecule has 1 nitrogen and oxygen atoms in total. The Balaban J connectivity index is 3.12. The molecule has 1 atom stereocenters. The zero-order valence-corrected chi connectivity index (χ0v) is 8.10. The minimum atomic E-state index is -0.432. The highest BCUT2D eigenvalue weighted by Crippen LogP contribution is 2.27. The van der Waals surface area contributed by atoms with Crippen LogP contribution in [0.1, 0.15) is 30.6 Å². The summed E-state index contributed by atoms with van der Waals surface area (Å²) in [5, 5.41) is 10.3. The molecule has 0 fully saturated rings. The van der Waals surface area contributed by atoms with Gasteiger partial charge in [-0.2, -0.15) is 0 Å². The van der Waals surface area contributed by atoms with Crippen LogP contribution in [0, 0.1) is 6.92 Å². The summed E-state index contributed by atoms with van der Waals surface area (Å²) in [6, 6.07) is 5.66. The van der Waals surface area contributed by atoms with Gasteiger partial charge in [-0.05, 0) is 25.0 Å². The van der Waals surface area contributed by atoms with Crippen LogP contribution in [0.5, 0.6) is 0 Å². The van der Waals surface area contributed by atoms with E-state index < -0.39 is 6.10 Å². The van der Waals surface area contributed by atoms with E-state index in [9.17, 15) is 5.11 Å². The third-order valence-electron chi connectivity index (χ3n) is 1.99. The van der Waals surface area contributed by atoms with Gasteiger partial charge in [0.05, 0.1) is 6.10 Å². The molecule has 1 rings (SSSR count). The molecule has 1 aromatic carbocycles. The predicted molar refractivity (Wildman–Crippen MR) is 51.4 cm³/mol. The predicted octanol–water partition coefficient (Wildman–Crippen LogP) is 3.09. The molecule has 0 unspecified atom stereocenters. The Kier molecular flexibility index (Phi) is 3.12. The zero-order valence-electron chi connectivity index (χ0n) is 7.34. The van der Waals surface area contributed by atoms with E-state index in [1.54, 1.807) is 0 Å². The van der Waals surface area contributed by atoms with E-state index in [1.165, 1.54) is 0 Å². The molecule has 0 saturated heterocycles. The van der Waals surface area contributed by atoms with E-state index in [0.717, 1.165) is 11.1 Å². The van der Waals surface area contributed by atoms with Crippen LogP contribution in [0.4, 0.5) is 0 Å². The van der Waals surface area contributed by atoms with Gasteiger partial charge >= 0.3 is 0 Å². The van der Waals surface area contributed by atoms with Crippen molar-refractivity contribution >= 4 is 11.6 Å². The molecule has 1 N–H and O–H groups in total. The number of aliphatic hydroxyl groups excluding tert-OH is 1. The second kappa shape index (κ2) is 3.92. The van der Waals surface area contributed by atoms with Gasteiger partial charge in [0.1, 0.15) is 0 Å². The molecule has 66 valence electrons. The topological polar surface area (TPSA) is 20.2 Å². The van der Waals surface area contributed by atoms with Crippen LogP contribution in [0.2, 0.25) is 5.02 Å². The van der Waals surface area contributed by atoms with Gasteiger partial charge in [0.15, 0.2) is 0 Å². The number of aryl methyl sites for hydroxylation is 1. The maximum atomic E-state index is 9.61. The van der Waals surface area contributed by atoms with Crippen molar-refractivity contribution in [2.75, 3.05) is 0 Å². The zero-order chi connectivity index (χ0) is 9.14. The normalized spacial score (nSPS) is 13.0. The Labute approximate surface area is 78.0 Å². The van der Waals surface area contributed by atoms with Crippen molar-refractivity contribution < 1.29 is 5.11 Å². The van der Waals surface area contributed by atoms with Crippen LogP contribution in [0.15, 0.2) is 18.2 Å². The van der Waals surface area contributed by atoms with Gasteiger partial charge in [0.2, 0.25) is 0 Å². The summed E-state index contributed by atoms with van der Waals surface area (Å²) >= 11 is 5.94. The maximum Gasteiger partial charge on any atom is 0.0804 e. The minimum Gasteiger partial charge on any atom is -0.388 e. The van der Waals surface area contributed by atoms with Crippen molar-refractivity contribution in [3.63, 3.8) is 0 Å². The Bertz CT molecular complexity index is 250. The third kappa shape index (κ3) is 1.79. The van der Waals surface area contributed by atoms with Crippen LogP contribution in [0.3, 0.4) is 0 Å². The molecule has 1 aromatic rings. The smallest absolute Gasteiger partial charge is 0.0804 e. The fourth-order valence-electron chi connectivity index (χ4n) is 1.27. The summed E-state index contributed by atoms with van der Waals surface area (Å²) in [6.07, 6.45) is 0.267. The number of benzene rings is 1. The van der Waals surface area contributed by atoms with Crippen molar-refractivity contribution in [2.45, 2.75) is 26.4 Å². The third-order valence-corrected chi connectivity index (χ3v) is 2.32. The number of rotatable bonds is 2. The van der Waals surface area contributed by atoms with Gasteiger partial charge in [-0.3, -0.25) is 0 Å².